The number of aromatic nitrogens is 3. The van der Waals surface area contributed by atoms with Crippen molar-refractivity contribution in [2.75, 3.05) is 25.2 Å². The highest BCUT2D eigenvalue weighted by molar-refractivity contribution is 8.00. The van der Waals surface area contributed by atoms with E-state index < -0.39 is 0 Å². The molecule has 0 fully saturated rings. The SMILES string of the molecule is COCCCn1c(SC(C)C(=O)N2CCc3ccccc32)nnc1-c1ccccc1Cl. The number of carbonyl (C=O) groups is 1. The van der Waals surface area contributed by atoms with Crippen molar-refractivity contribution in [3.8, 4) is 11.4 Å². The number of fused-ring (bicyclic) bond motifs is 1. The van der Waals surface area contributed by atoms with Gasteiger partial charge in [0.1, 0.15) is 0 Å². The van der Waals surface area contributed by atoms with E-state index in [0.717, 1.165) is 24.1 Å². The fourth-order valence-electron chi connectivity index (χ4n) is 3.78. The Kier molecular flexibility index (Phi) is 6.95. The Morgan fingerprint density at radius 3 is 2.77 bits per heavy atom. The van der Waals surface area contributed by atoms with Crippen LogP contribution in [0, 0.1) is 0 Å². The molecule has 0 saturated heterocycles. The molecule has 162 valence electrons. The van der Waals surface area contributed by atoms with Gasteiger partial charge in [0.25, 0.3) is 0 Å². The van der Waals surface area contributed by atoms with E-state index in [-0.39, 0.29) is 11.2 Å². The number of hydrogen-bond acceptors (Lipinski definition) is 5. The number of anilines is 1. The van der Waals surface area contributed by atoms with Crippen LogP contribution in [0.1, 0.15) is 18.9 Å². The van der Waals surface area contributed by atoms with E-state index in [1.165, 1.54) is 17.3 Å². The molecule has 1 aliphatic rings. The van der Waals surface area contributed by atoms with Crippen molar-refractivity contribution in [1.82, 2.24) is 14.8 Å². The molecule has 31 heavy (non-hydrogen) atoms. The smallest absolute Gasteiger partial charge is 0.240 e. The minimum atomic E-state index is -0.296. The van der Waals surface area contributed by atoms with Crippen molar-refractivity contribution in [1.29, 1.82) is 0 Å². The second kappa shape index (κ2) is 9.85. The highest BCUT2D eigenvalue weighted by atomic mass is 35.5. The standard InChI is InChI=1S/C23H25ClN4O2S/c1-16(22(29)27-14-12-17-8-3-6-11-20(17)27)31-23-26-25-21(28(23)13-7-15-30-2)18-9-4-5-10-19(18)24/h3-6,8-11,16H,7,12-15H2,1-2H3. The number of para-hydroxylation sites is 1. The Labute approximate surface area is 191 Å². The molecule has 2 heterocycles. The summed E-state index contributed by atoms with van der Waals surface area (Å²) in [6, 6.07) is 15.7. The summed E-state index contributed by atoms with van der Waals surface area (Å²) in [5, 5.41) is 9.86. The molecule has 0 bridgehead atoms. The van der Waals surface area contributed by atoms with Crippen molar-refractivity contribution >= 4 is 35.0 Å². The largest absolute Gasteiger partial charge is 0.385 e. The van der Waals surface area contributed by atoms with Crippen LogP contribution in [0.2, 0.25) is 5.02 Å². The lowest BCUT2D eigenvalue weighted by Gasteiger charge is -2.21. The maximum Gasteiger partial charge on any atom is 0.240 e. The summed E-state index contributed by atoms with van der Waals surface area (Å²) < 4.78 is 7.26. The van der Waals surface area contributed by atoms with Gasteiger partial charge in [-0.15, -0.1) is 10.2 Å². The first-order chi connectivity index (χ1) is 15.1. The van der Waals surface area contributed by atoms with Crippen molar-refractivity contribution in [3.05, 3.63) is 59.1 Å². The third-order valence-electron chi connectivity index (χ3n) is 5.34. The molecule has 1 aromatic heterocycles. The van der Waals surface area contributed by atoms with Gasteiger partial charge in [0.15, 0.2) is 11.0 Å². The Balaban J connectivity index is 1.57. The lowest BCUT2D eigenvalue weighted by atomic mass is 10.2. The van der Waals surface area contributed by atoms with E-state index in [4.69, 9.17) is 16.3 Å². The zero-order valence-electron chi connectivity index (χ0n) is 17.6. The molecule has 6 nitrogen and oxygen atoms in total. The Morgan fingerprint density at radius 1 is 1.19 bits per heavy atom. The predicted octanol–water partition coefficient (Wildman–Crippen LogP) is 4.70. The third-order valence-corrected chi connectivity index (χ3v) is 6.74. The molecule has 2 aromatic carbocycles. The van der Waals surface area contributed by atoms with Crippen LogP contribution in [0.4, 0.5) is 5.69 Å². The summed E-state index contributed by atoms with van der Waals surface area (Å²) in [6.07, 6.45) is 1.70. The van der Waals surface area contributed by atoms with E-state index >= 15 is 0 Å². The lowest BCUT2D eigenvalue weighted by molar-refractivity contribution is -0.117. The third kappa shape index (κ3) is 4.63. The Morgan fingerprint density at radius 2 is 1.97 bits per heavy atom. The minimum absolute atomic E-state index is 0.0840. The van der Waals surface area contributed by atoms with Gasteiger partial charge in [-0.3, -0.25) is 4.79 Å². The van der Waals surface area contributed by atoms with Crippen LogP contribution in [0.3, 0.4) is 0 Å². The van der Waals surface area contributed by atoms with Crippen molar-refractivity contribution in [2.24, 2.45) is 0 Å². The highest BCUT2D eigenvalue weighted by Gasteiger charge is 2.29. The number of nitrogens with zero attached hydrogens (tertiary/aromatic N) is 4. The number of hydrogen-bond donors (Lipinski definition) is 0. The minimum Gasteiger partial charge on any atom is -0.385 e. The Hall–Kier alpha value is -2.35. The second-order valence-electron chi connectivity index (χ2n) is 7.41. The highest BCUT2D eigenvalue weighted by Crippen LogP contribution is 2.33. The van der Waals surface area contributed by atoms with Crippen LogP contribution in [0.5, 0.6) is 0 Å². The number of amides is 1. The molecule has 1 atom stereocenters. The van der Waals surface area contributed by atoms with E-state index in [2.05, 4.69) is 16.3 Å². The van der Waals surface area contributed by atoms with Gasteiger partial charge in [0.05, 0.1) is 10.3 Å². The Bertz CT molecular complexity index is 1070. The topological polar surface area (TPSA) is 60.2 Å². The molecule has 0 N–H and O–H groups in total. The number of halogens is 1. The maximum absolute atomic E-state index is 13.2. The molecule has 1 aliphatic heterocycles. The van der Waals surface area contributed by atoms with Gasteiger partial charge in [0.2, 0.25) is 5.91 Å². The first-order valence-corrected chi connectivity index (χ1v) is 11.6. The van der Waals surface area contributed by atoms with E-state index in [1.54, 1.807) is 7.11 Å². The molecule has 4 rings (SSSR count). The number of thioether (sulfide) groups is 1. The molecular formula is C23H25ClN4O2S. The number of rotatable bonds is 8. The lowest BCUT2D eigenvalue weighted by Crippen LogP contribution is -2.35. The van der Waals surface area contributed by atoms with Gasteiger partial charge in [-0.25, -0.2) is 0 Å². The summed E-state index contributed by atoms with van der Waals surface area (Å²) in [6.45, 7) is 3.95. The first-order valence-electron chi connectivity index (χ1n) is 10.3. The fourth-order valence-corrected chi connectivity index (χ4v) is 4.94. The number of carbonyl (C=O) groups excluding carboxylic acids is 1. The molecule has 1 unspecified atom stereocenters. The van der Waals surface area contributed by atoms with Gasteiger partial charge in [-0.05, 0) is 43.5 Å². The summed E-state index contributed by atoms with van der Waals surface area (Å²) in [7, 11) is 1.69. The van der Waals surface area contributed by atoms with Crippen LogP contribution >= 0.6 is 23.4 Å². The van der Waals surface area contributed by atoms with Gasteiger partial charge < -0.3 is 14.2 Å². The van der Waals surface area contributed by atoms with Crippen LogP contribution in [-0.2, 0) is 22.5 Å². The summed E-state index contributed by atoms with van der Waals surface area (Å²) >= 11 is 7.85. The number of ether oxygens (including phenoxy) is 1. The van der Waals surface area contributed by atoms with Crippen LogP contribution in [0.25, 0.3) is 11.4 Å². The zero-order valence-corrected chi connectivity index (χ0v) is 19.2. The number of methoxy groups -OCH3 is 1. The second-order valence-corrected chi connectivity index (χ2v) is 9.13. The van der Waals surface area contributed by atoms with Gasteiger partial charge in [-0.2, -0.15) is 0 Å². The van der Waals surface area contributed by atoms with Gasteiger partial charge in [-0.1, -0.05) is 53.7 Å². The van der Waals surface area contributed by atoms with Crippen molar-refractivity contribution < 1.29 is 9.53 Å². The quantitative estimate of drug-likeness (QED) is 0.363. The van der Waals surface area contributed by atoms with Crippen molar-refractivity contribution in [3.63, 3.8) is 0 Å². The molecule has 3 aromatic rings. The maximum atomic E-state index is 13.2. The van der Waals surface area contributed by atoms with Gasteiger partial charge >= 0.3 is 0 Å². The summed E-state index contributed by atoms with van der Waals surface area (Å²) in [5.41, 5.74) is 3.06. The number of benzene rings is 2. The monoisotopic (exact) mass is 456 g/mol. The molecule has 8 heteroatoms. The summed E-state index contributed by atoms with van der Waals surface area (Å²) in [5.74, 6) is 0.788. The average molecular weight is 457 g/mol. The van der Waals surface area contributed by atoms with Crippen LogP contribution < -0.4 is 4.90 Å². The summed E-state index contributed by atoms with van der Waals surface area (Å²) in [4.78, 5) is 15.1. The molecule has 0 aliphatic carbocycles. The van der Waals surface area contributed by atoms with E-state index in [1.807, 2.05) is 58.9 Å². The zero-order chi connectivity index (χ0) is 21.8. The molecule has 0 radical (unpaired) electrons. The molecule has 0 saturated carbocycles. The van der Waals surface area contributed by atoms with E-state index in [9.17, 15) is 4.79 Å². The van der Waals surface area contributed by atoms with Crippen molar-refractivity contribution in [2.45, 2.75) is 36.7 Å². The average Bonchev–Trinajstić information content (AvgIpc) is 3.38. The molecular weight excluding hydrogens is 432 g/mol. The predicted molar refractivity (Wildman–Crippen MR) is 125 cm³/mol. The van der Waals surface area contributed by atoms with E-state index in [0.29, 0.717) is 35.7 Å². The van der Waals surface area contributed by atoms with Crippen LogP contribution in [0.15, 0.2) is 53.7 Å². The fraction of sp³-hybridized carbons (Fsp3) is 0.348. The van der Waals surface area contributed by atoms with Crippen LogP contribution in [-0.4, -0.2) is 46.2 Å². The normalized spacial score (nSPS) is 14.0. The molecule has 0 spiro atoms. The van der Waals surface area contributed by atoms with Gasteiger partial charge in [0, 0.05) is 38.1 Å². The molecule has 1 amide bonds. The first kappa shape index (κ1) is 21.9.